The van der Waals surface area contributed by atoms with Crippen LogP contribution in [0.3, 0.4) is 0 Å². The molecule has 116 valence electrons. The first-order chi connectivity index (χ1) is 11.3. The number of para-hydroxylation sites is 1. The molecule has 0 aliphatic rings. The van der Waals surface area contributed by atoms with Crippen molar-refractivity contribution >= 4 is 23.5 Å². The highest BCUT2D eigenvalue weighted by Gasteiger charge is 2.13. The minimum absolute atomic E-state index is 0.328. The summed E-state index contributed by atoms with van der Waals surface area (Å²) >= 11 is 1.54. The number of carbonyl (C=O) groups is 1. The van der Waals surface area contributed by atoms with E-state index in [1.807, 2.05) is 41.8 Å². The lowest BCUT2D eigenvalue weighted by Gasteiger charge is -2.04. The van der Waals surface area contributed by atoms with E-state index < -0.39 is 0 Å². The van der Waals surface area contributed by atoms with Crippen LogP contribution in [0.2, 0.25) is 0 Å². The number of aromatic amines is 1. The zero-order valence-electron chi connectivity index (χ0n) is 12.3. The predicted octanol–water partition coefficient (Wildman–Crippen LogP) is 2.91. The zero-order chi connectivity index (χ0) is 16.1. The molecule has 0 saturated heterocycles. The number of nitrogens with one attached hydrogen (secondary N) is 2. The van der Waals surface area contributed by atoms with Gasteiger partial charge >= 0.3 is 0 Å². The number of rotatable bonds is 5. The van der Waals surface area contributed by atoms with Gasteiger partial charge in [0.05, 0.1) is 19.0 Å². The molecule has 23 heavy (non-hydrogen) atoms. The summed E-state index contributed by atoms with van der Waals surface area (Å²) < 4.78 is 5.30. The van der Waals surface area contributed by atoms with Gasteiger partial charge in [-0.15, -0.1) is 11.3 Å². The molecule has 0 radical (unpaired) electrons. The summed E-state index contributed by atoms with van der Waals surface area (Å²) in [6.45, 7) is 0. The van der Waals surface area contributed by atoms with Crippen molar-refractivity contribution in [3.05, 3.63) is 58.4 Å². The fourth-order valence-electron chi connectivity index (χ4n) is 2.01. The van der Waals surface area contributed by atoms with Crippen LogP contribution in [0.25, 0.3) is 11.3 Å². The van der Waals surface area contributed by atoms with Gasteiger partial charge in [0.2, 0.25) is 0 Å². The molecule has 0 atom stereocenters. The summed E-state index contributed by atoms with van der Waals surface area (Å²) in [7, 11) is 1.60. The molecular formula is C16H14N4O2S. The van der Waals surface area contributed by atoms with E-state index in [1.165, 1.54) is 0 Å². The van der Waals surface area contributed by atoms with E-state index in [0.29, 0.717) is 17.1 Å². The van der Waals surface area contributed by atoms with Crippen LogP contribution in [-0.2, 0) is 0 Å². The minimum atomic E-state index is -0.355. The number of ether oxygens (including phenoxy) is 1. The molecule has 0 unspecified atom stereocenters. The molecule has 1 aromatic carbocycles. The number of aromatic nitrogens is 2. The maximum atomic E-state index is 12.0. The number of thiophene rings is 1. The highest BCUT2D eigenvalue weighted by Crippen LogP contribution is 2.28. The molecule has 7 heteroatoms. The van der Waals surface area contributed by atoms with Crippen LogP contribution in [0, 0.1) is 0 Å². The molecule has 0 aliphatic heterocycles. The monoisotopic (exact) mass is 326 g/mol. The third kappa shape index (κ3) is 3.46. The molecule has 3 aromatic rings. The van der Waals surface area contributed by atoms with Gasteiger partial charge in [0, 0.05) is 10.4 Å². The van der Waals surface area contributed by atoms with E-state index in [0.717, 1.165) is 10.4 Å². The number of amides is 1. The molecule has 2 heterocycles. The molecule has 0 aliphatic carbocycles. The lowest BCUT2D eigenvalue weighted by atomic mass is 10.1. The molecular weight excluding hydrogens is 312 g/mol. The number of hydrazone groups is 1. The Kier molecular flexibility index (Phi) is 4.49. The van der Waals surface area contributed by atoms with Crippen molar-refractivity contribution in [2.45, 2.75) is 0 Å². The normalized spacial score (nSPS) is 10.8. The second kappa shape index (κ2) is 6.89. The smallest absolute Gasteiger partial charge is 0.289 e. The second-order valence-electron chi connectivity index (χ2n) is 4.58. The SMILES string of the molecule is COc1ccccc1-c1cc(C(=O)N/N=C\c2cccs2)[nH]n1. The summed E-state index contributed by atoms with van der Waals surface area (Å²) in [5.41, 5.74) is 4.24. The Hall–Kier alpha value is -2.93. The number of hydrogen-bond acceptors (Lipinski definition) is 5. The third-order valence-electron chi connectivity index (χ3n) is 3.11. The van der Waals surface area contributed by atoms with E-state index in [-0.39, 0.29) is 5.91 Å². The van der Waals surface area contributed by atoms with Crippen LogP contribution < -0.4 is 10.2 Å². The summed E-state index contributed by atoms with van der Waals surface area (Å²) in [6.07, 6.45) is 1.60. The van der Waals surface area contributed by atoms with Gasteiger partial charge in [0.15, 0.2) is 0 Å². The van der Waals surface area contributed by atoms with Crippen molar-refractivity contribution in [1.29, 1.82) is 0 Å². The van der Waals surface area contributed by atoms with Crippen LogP contribution in [0.5, 0.6) is 5.75 Å². The van der Waals surface area contributed by atoms with E-state index in [9.17, 15) is 4.79 Å². The molecule has 0 bridgehead atoms. The van der Waals surface area contributed by atoms with E-state index in [2.05, 4.69) is 20.7 Å². The molecule has 2 aromatic heterocycles. The van der Waals surface area contributed by atoms with Crippen LogP contribution in [-0.4, -0.2) is 29.4 Å². The van der Waals surface area contributed by atoms with Gasteiger partial charge < -0.3 is 4.74 Å². The Labute approximate surface area is 136 Å². The average Bonchev–Trinajstić information content (AvgIpc) is 3.26. The molecule has 1 amide bonds. The predicted molar refractivity (Wildman–Crippen MR) is 90.0 cm³/mol. The van der Waals surface area contributed by atoms with Gasteiger partial charge in [-0.05, 0) is 29.6 Å². The number of hydrogen-bond donors (Lipinski definition) is 2. The van der Waals surface area contributed by atoms with Crippen LogP contribution in [0.1, 0.15) is 15.4 Å². The molecule has 2 N–H and O–H groups in total. The minimum Gasteiger partial charge on any atom is -0.496 e. The van der Waals surface area contributed by atoms with Crippen molar-refractivity contribution in [3.8, 4) is 17.0 Å². The van der Waals surface area contributed by atoms with Crippen LogP contribution in [0.4, 0.5) is 0 Å². The Balaban J connectivity index is 1.72. The number of methoxy groups -OCH3 is 1. The Morgan fingerprint density at radius 2 is 2.22 bits per heavy atom. The topological polar surface area (TPSA) is 79.4 Å². The third-order valence-corrected chi connectivity index (χ3v) is 3.91. The van der Waals surface area contributed by atoms with Gasteiger partial charge in [-0.1, -0.05) is 18.2 Å². The highest BCUT2D eigenvalue weighted by atomic mass is 32.1. The van der Waals surface area contributed by atoms with Gasteiger partial charge in [-0.2, -0.15) is 10.2 Å². The van der Waals surface area contributed by atoms with Crippen molar-refractivity contribution in [3.63, 3.8) is 0 Å². The number of carbonyl (C=O) groups excluding carboxylic acids is 1. The molecule has 0 saturated carbocycles. The quantitative estimate of drug-likeness (QED) is 0.559. The van der Waals surface area contributed by atoms with E-state index in [1.54, 1.807) is 30.7 Å². The summed E-state index contributed by atoms with van der Waals surface area (Å²) in [5.74, 6) is 0.341. The van der Waals surface area contributed by atoms with Crippen molar-refractivity contribution in [2.24, 2.45) is 5.10 Å². The Bertz CT molecular complexity index is 824. The first kappa shape index (κ1) is 15.0. The zero-order valence-corrected chi connectivity index (χ0v) is 13.1. The fourth-order valence-corrected chi connectivity index (χ4v) is 2.60. The van der Waals surface area contributed by atoms with Gasteiger partial charge in [0.25, 0.3) is 5.91 Å². The van der Waals surface area contributed by atoms with Crippen LogP contribution in [0.15, 0.2) is 52.9 Å². The Morgan fingerprint density at radius 3 is 3.00 bits per heavy atom. The first-order valence-electron chi connectivity index (χ1n) is 6.83. The van der Waals surface area contributed by atoms with Gasteiger partial charge in [0.1, 0.15) is 11.4 Å². The highest BCUT2D eigenvalue weighted by molar-refractivity contribution is 7.11. The maximum absolute atomic E-state index is 12.0. The summed E-state index contributed by atoms with van der Waals surface area (Å²) in [5, 5.41) is 12.7. The first-order valence-corrected chi connectivity index (χ1v) is 7.71. The lowest BCUT2D eigenvalue weighted by molar-refractivity contribution is 0.0950. The second-order valence-corrected chi connectivity index (χ2v) is 5.56. The van der Waals surface area contributed by atoms with Crippen molar-refractivity contribution in [2.75, 3.05) is 7.11 Å². The van der Waals surface area contributed by atoms with Gasteiger partial charge in [-0.3, -0.25) is 9.89 Å². The Morgan fingerprint density at radius 1 is 1.35 bits per heavy atom. The van der Waals surface area contributed by atoms with Gasteiger partial charge in [-0.25, -0.2) is 5.43 Å². The number of nitrogens with zero attached hydrogens (tertiary/aromatic N) is 2. The number of benzene rings is 1. The molecule has 0 spiro atoms. The van der Waals surface area contributed by atoms with Crippen molar-refractivity contribution in [1.82, 2.24) is 15.6 Å². The largest absolute Gasteiger partial charge is 0.496 e. The summed E-state index contributed by atoms with van der Waals surface area (Å²) in [6, 6.07) is 13.0. The van der Waals surface area contributed by atoms with E-state index in [4.69, 9.17) is 4.74 Å². The maximum Gasteiger partial charge on any atom is 0.289 e. The molecule has 6 nitrogen and oxygen atoms in total. The fraction of sp³-hybridized carbons (Fsp3) is 0.0625. The molecule has 3 rings (SSSR count). The molecule has 0 fully saturated rings. The average molecular weight is 326 g/mol. The summed E-state index contributed by atoms with van der Waals surface area (Å²) in [4.78, 5) is 13.0. The van der Waals surface area contributed by atoms with E-state index >= 15 is 0 Å². The standard InChI is InChI=1S/C16H14N4O2S/c1-22-15-7-3-2-6-12(15)13-9-14(19-18-13)16(21)20-17-10-11-5-4-8-23-11/h2-10H,1H3,(H,18,19)(H,20,21)/b17-10-. The van der Waals surface area contributed by atoms with Crippen LogP contribution >= 0.6 is 11.3 Å². The number of H-pyrrole nitrogens is 1. The van der Waals surface area contributed by atoms with Crippen molar-refractivity contribution < 1.29 is 9.53 Å². The lowest BCUT2D eigenvalue weighted by Crippen LogP contribution is -2.17.